The van der Waals surface area contributed by atoms with Crippen molar-refractivity contribution < 1.29 is 4.84 Å². The van der Waals surface area contributed by atoms with Crippen molar-refractivity contribution in [2.45, 2.75) is 6.61 Å². The smallest absolute Gasteiger partial charge is 0.142 e. The van der Waals surface area contributed by atoms with Crippen LogP contribution in [0.25, 0.3) is 6.08 Å². The Kier molecular flexibility index (Phi) is 4.76. The first-order valence-corrected chi connectivity index (χ1v) is 6.21. The minimum atomic E-state index is 0.385. The molecule has 0 bridgehead atoms. The Morgan fingerprint density at radius 1 is 1.21 bits per heavy atom. The van der Waals surface area contributed by atoms with E-state index in [1.807, 2.05) is 36.4 Å². The van der Waals surface area contributed by atoms with Gasteiger partial charge in [0.1, 0.15) is 12.8 Å². The third kappa shape index (κ3) is 3.97. The molecule has 95 valence electrons. The quantitative estimate of drug-likeness (QED) is 0.582. The molecule has 0 atom stereocenters. The summed E-state index contributed by atoms with van der Waals surface area (Å²) in [5.74, 6) is 0. The minimum Gasteiger partial charge on any atom is -0.390 e. The van der Waals surface area contributed by atoms with Gasteiger partial charge in [-0.1, -0.05) is 65.8 Å². The van der Waals surface area contributed by atoms with Gasteiger partial charge in [-0.3, -0.25) is 0 Å². The molecule has 0 aliphatic rings. The molecule has 0 saturated heterocycles. The lowest BCUT2D eigenvalue weighted by atomic mass is 10.1. The van der Waals surface area contributed by atoms with Crippen LogP contribution in [-0.2, 0) is 11.4 Å². The molecule has 0 saturated carbocycles. The van der Waals surface area contributed by atoms with Gasteiger partial charge in [0.05, 0.1) is 0 Å². The fourth-order valence-corrected chi connectivity index (χ4v) is 1.80. The molecule has 0 N–H and O–H groups in total. The van der Waals surface area contributed by atoms with E-state index in [4.69, 9.17) is 16.4 Å². The molecular formula is C16H13ClNO. The summed E-state index contributed by atoms with van der Waals surface area (Å²) < 4.78 is 0. The Morgan fingerprint density at radius 3 is 2.84 bits per heavy atom. The van der Waals surface area contributed by atoms with Crippen molar-refractivity contribution in [2.75, 3.05) is 0 Å². The molecule has 0 amide bonds. The van der Waals surface area contributed by atoms with Crippen LogP contribution in [0.1, 0.15) is 16.7 Å². The molecule has 0 spiro atoms. The van der Waals surface area contributed by atoms with Crippen molar-refractivity contribution in [3.63, 3.8) is 0 Å². The fourth-order valence-electron chi connectivity index (χ4n) is 1.61. The van der Waals surface area contributed by atoms with Gasteiger partial charge in [-0.25, -0.2) is 0 Å². The maximum atomic E-state index is 5.86. The Bertz CT molecular complexity index is 593. The van der Waals surface area contributed by atoms with Gasteiger partial charge >= 0.3 is 0 Å². The van der Waals surface area contributed by atoms with E-state index in [1.54, 1.807) is 18.2 Å². The number of halogens is 1. The van der Waals surface area contributed by atoms with Crippen molar-refractivity contribution >= 4 is 23.9 Å². The molecule has 3 heteroatoms. The summed E-state index contributed by atoms with van der Waals surface area (Å²) in [6.45, 7) is 4.15. The Labute approximate surface area is 118 Å². The highest BCUT2D eigenvalue weighted by molar-refractivity contribution is 6.30. The molecule has 2 aromatic rings. The molecule has 0 aromatic heterocycles. The minimum absolute atomic E-state index is 0.385. The molecule has 0 aliphatic heterocycles. The Hall–Kier alpha value is -2.06. The molecule has 0 aliphatic carbocycles. The van der Waals surface area contributed by atoms with Gasteiger partial charge < -0.3 is 4.84 Å². The summed E-state index contributed by atoms with van der Waals surface area (Å²) in [7, 11) is 0. The molecule has 19 heavy (non-hydrogen) atoms. The average Bonchev–Trinajstić information content (AvgIpc) is 2.44. The third-order valence-electron chi connectivity index (χ3n) is 2.56. The monoisotopic (exact) mass is 270 g/mol. The van der Waals surface area contributed by atoms with Gasteiger partial charge in [-0.2, -0.15) is 0 Å². The van der Waals surface area contributed by atoms with Gasteiger partial charge in [0.25, 0.3) is 0 Å². The molecule has 2 nitrogen and oxygen atoms in total. The lowest BCUT2D eigenvalue weighted by Crippen LogP contribution is -1.91. The highest BCUT2D eigenvalue weighted by Crippen LogP contribution is 2.12. The first-order chi connectivity index (χ1) is 9.29. The number of benzene rings is 2. The zero-order valence-corrected chi connectivity index (χ0v) is 11.1. The third-order valence-corrected chi connectivity index (χ3v) is 2.79. The second kappa shape index (κ2) is 6.76. The summed E-state index contributed by atoms with van der Waals surface area (Å²) in [6.07, 6.45) is 4.58. The van der Waals surface area contributed by atoms with E-state index < -0.39 is 0 Å². The van der Waals surface area contributed by atoms with Crippen molar-refractivity contribution in [1.82, 2.24) is 0 Å². The van der Waals surface area contributed by atoms with Crippen LogP contribution in [0.2, 0.25) is 5.02 Å². The van der Waals surface area contributed by atoms with Crippen molar-refractivity contribution in [3.8, 4) is 0 Å². The van der Waals surface area contributed by atoms with Crippen LogP contribution >= 0.6 is 11.6 Å². The van der Waals surface area contributed by atoms with Gasteiger partial charge in [-0.05, 0) is 23.3 Å². The summed E-state index contributed by atoms with van der Waals surface area (Å²) in [6, 6.07) is 15.1. The second-order valence-corrected chi connectivity index (χ2v) is 4.33. The Balaban J connectivity index is 1.95. The van der Waals surface area contributed by atoms with E-state index in [1.165, 1.54) is 0 Å². The zero-order chi connectivity index (χ0) is 13.5. The first-order valence-electron chi connectivity index (χ1n) is 5.83. The predicted octanol–water partition coefficient (Wildman–Crippen LogP) is 4.41. The maximum absolute atomic E-state index is 5.86. The molecule has 2 aromatic carbocycles. The van der Waals surface area contributed by atoms with E-state index in [9.17, 15) is 0 Å². The number of rotatable bonds is 5. The van der Waals surface area contributed by atoms with E-state index in [0.29, 0.717) is 11.6 Å². The predicted molar refractivity (Wildman–Crippen MR) is 79.3 cm³/mol. The van der Waals surface area contributed by atoms with Gasteiger partial charge in [0, 0.05) is 10.6 Å². The van der Waals surface area contributed by atoms with Crippen LogP contribution in [0.5, 0.6) is 0 Å². The molecular weight excluding hydrogens is 258 g/mol. The average molecular weight is 271 g/mol. The second-order valence-electron chi connectivity index (χ2n) is 3.89. The molecule has 1 radical (unpaired) electrons. The number of hydrogen-bond donors (Lipinski definition) is 0. The Morgan fingerprint density at radius 2 is 2.05 bits per heavy atom. The highest BCUT2D eigenvalue weighted by Gasteiger charge is 1.97. The lowest BCUT2D eigenvalue weighted by molar-refractivity contribution is 0.132. The van der Waals surface area contributed by atoms with Crippen LogP contribution in [0, 0.1) is 0 Å². The molecule has 2 rings (SSSR count). The molecule has 0 unspecified atom stereocenters. The van der Waals surface area contributed by atoms with Gasteiger partial charge in [0.15, 0.2) is 0 Å². The first kappa shape index (κ1) is 13.4. The van der Waals surface area contributed by atoms with Crippen LogP contribution in [0.3, 0.4) is 0 Å². The molecule has 0 fully saturated rings. The fraction of sp³-hybridized carbons (Fsp3) is 0.0625. The van der Waals surface area contributed by atoms with Crippen LogP contribution in [0.4, 0.5) is 0 Å². The van der Waals surface area contributed by atoms with Crippen molar-refractivity contribution in [1.29, 1.82) is 0 Å². The van der Waals surface area contributed by atoms with Crippen molar-refractivity contribution in [3.05, 3.63) is 76.8 Å². The summed E-state index contributed by atoms with van der Waals surface area (Å²) in [5, 5.41) is 4.46. The number of hydrogen-bond acceptors (Lipinski definition) is 2. The van der Waals surface area contributed by atoms with Crippen molar-refractivity contribution in [2.24, 2.45) is 5.16 Å². The van der Waals surface area contributed by atoms with E-state index >= 15 is 0 Å². The van der Waals surface area contributed by atoms with Crippen LogP contribution in [0.15, 0.2) is 60.3 Å². The van der Waals surface area contributed by atoms with E-state index in [0.717, 1.165) is 16.7 Å². The van der Waals surface area contributed by atoms with E-state index in [-0.39, 0.29) is 0 Å². The largest absolute Gasteiger partial charge is 0.390 e. The summed E-state index contributed by atoms with van der Waals surface area (Å²) in [4.78, 5) is 5.23. The topological polar surface area (TPSA) is 21.6 Å². The van der Waals surface area contributed by atoms with Crippen LogP contribution in [-0.4, -0.2) is 6.21 Å². The number of nitrogens with zero attached hydrogens (tertiary/aromatic N) is 1. The zero-order valence-electron chi connectivity index (χ0n) is 10.3. The summed E-state index contributed by atoms with van der Waals surface area (Å²) >= 11 is 5.86. The van der Waals surface area contributed by atoms with Gasteiger partial charge in [-0.15, -0.1) is 0 Å². The van der Waals surface area contributed by atoms with Gasteiger partial charge in [0.2, 0.25) is 0 Å². The lowest BCUT2D eigenvalue weighted by Gasteiger charge is -2.03. The highest BCUT2D eigenvalue weighted by atomic mass is 35.5. The van der Waals surface area contributed by atoms with Crippen LogP contribution < -0.4 is 0 Å². The SMILES string of the molecule is C=Cc1ccccc1CO/N=[C]\c1cccc(Cl)c1. The standard InChI is InChI=1S/C16H13ClNO/c1-2-14-7-3-4-8-15(14)12-19-18-11-13-6-5-9-16(17)10-13/h2-10H,1,12H2. The summed E-state index contributed by atoms with van der Waals surface area (Å²) in [5.41, 5.74) is 2.86. The molecule has 0 heterocycles. The normalized spacial score (nSPS) is 10.6. The van der Waals surface area contributed by atoms with E-state index in [2.05, 4.69) is 17.9 Å². The maximum Gasteiger partial charge on any atom is 0.142 e.